The highest BCUT2D eigenvalue weighted by atomic mass is 19.4. The van der Waals surface area contributed by atoms with Crippen molar-refractivity contribution in [2.75, 3.05) is 33.4 Å². The Labute approximate surface area is 226 Å². The molecule has 2 aliphatic rings. The molecule has 3 amide bonds. The van der Waals surface area contributed by atoms with Crippen LogP contribution in [0.2, 0.25) is 0 Å². The van der Waals surface area contributed by atoms with Crippen molar-refractivity contribution >= 4 is 11.9 Å². The average Bonchev–Trinajstić information content (AvgIpc) is 3.18. The van der Waals surface area contributed by atoms with Gasteiger partial charge in [0, 0.05) is 33.4 Å². The number of carbonyl (C=O) groups is 2. The van der Waals surface area contributed by atoms with E-state index < -0.39 is 29.2 Å². The third-order valence-corrected chi connectivity index (χ3v) is 8.51. The van der Waals surface area contributed by atoms with E-state index in [4.69, 9.17) is 0 Å². The van der Waals surface area contributed by atoms with Crippen molar-refractivity contribution in [3.8, 4) is 0 Å². The predicted molar refractivity (Wildman–Crippen MR) is 140 cm³/mol. The monoisotopic (exact) mass is 547 g/mol. The van der Waals surface area contributed by atoms with Gasteiger partial charge in [0.05, 0.1) is 29.1 Å². The summed E-state index contributed by atoms with van der Waals surface area (Å²) in [6.45, 7) is 3.79. The Hall–Kier alpha value is -3.11. The molecule has 4 rings (SSSR count). The fourth-order valence-corrected chi connectivity index (χ4v) is 6.21. The summed E-state index contributed by atoms with van der Waals surface area (Å²) < 4.78 is 40.0. The number of aliphatic hydroxyl groups excluding tert-OH is 2. The van der Waals surface area contributed by atoms with E-state index in [9.17, 15) is 33.0 Å². The Morgan fingerprint density at radius 2 is 1.77 bits per heavy atom. The normalized spacial score (nSPS) is 21.6. The molecule has 0 spiro atoms. The van der Waals surface area contributed by atoms with Crippen LogP contribution >= 0.6 is 0 Å². The van der Waals surface area contributed by atoms with Crippen LogP contribution in [-0.2, 0) is 11.0 Å². The molecular weight excluding hydrogens is 511 g/mol. The van der Waals surface area contributed by atoms with E-state index in [2.05, 4.69) is 0 Å². The summed E-state index contributed by atoms with van der Waals surface area (Å²) in [4.78, 5) is 32.6. The number of amides is 3. The van der Waals surface area contributed by atoms with E-state index in [1.54, 1.807) is 29.8 Å². The lowest BCUT2D eigenvalue weighted by molar-refractivity contribution is -0.140. The molecule has 10 heteroatoms. The van der Waals surface area contributed by atoms with Crippen LogP contribution in [0, 0.1) is 12.3 Å². The molecule has 7 nitrogen and oxygen atoms in total. The van der Waals surface area contributed by atoms with Crippen molar-refractivity contribution in [1.29, 1.82) is 0 Å². The molecule has 2 fully saturated rings. The number of hydrogen-bond donors (Lipinski definition) is 2. The molecule has 2 heterocycles. The lowest BCUT2D eigenvalue weighted by atomic mass is 9.77. The highest BCUT2D eigenvalue weighted by molar-refractivity contribution is 5.86. The maximum atomic E-state index is 14.0. The van der Waals surface area contributed by atoms with E-state index in [1.807, 2.05) is 31.2 Å². The lowest BCUT2D eigenvalue weighted by Crippen LogP contribution is -2.57. The summed E-state index contributed by atoms with van der Waals surface area (Å²) in [5.41, 5.74) is 0.522. The van der Waals surface area contributed by atoms with Gasteiger partial charge in [-0.25, -0.2) is 4.79 Å². The Balaban J connectivity index is 1.70. The second-order valence-corrected chi connectivity index (χ2v) is 10.7. The van der Waals surface area contributed by atoms with E-state index in [-0.39, 0.29) is 50.6 Å². The van der Waals surface area contributed by atoms with E-state index >= 15 is 0 Å². The number of piperazine rings is 1. The zero-order valence-electron chi connectivity index (χ0n) is 22.5. The zero-order valence-corrected chi connectivity index (χ0v) is 22.5. The number of halogens is 3. The summed E-state index contributed by atoms with van der Waals surface area (Å²) in [6.07, 6.45) is -3.67. The van der Waals surface area contributed by atoms with Gasteiger partial charge in [0.2, 0.25) is 5.91 Å². The van der Waals surface area contributed by atoms with Crippen LogP contribution in [0.5, 0.6) is 0 Å². The van der Waals surface area contributed by atoms with Crippen LogP contribution < -0.4 is 0 Å². The number of carbonyl (C=O) groups excluding carboxylic acids is 2. The summed E-state index contributed by atoms with van der Waals surface area (Å²) >= 11 is 0. The number of fused-ring (bicyclic) bond motifs is 1. The largest absolute Gasteiger partial charge is 0.416 e. The van der Waals surface area contributed by atoms with E-state index in [0.29, 0.717) is 18.5 Å². The maximum Gasteiger partial charge on any atom is 0.416 e. The second-order valence-electron chi connectivity index (χ2n) is 10.7. The molecule has 0 bridgehead atoms. The van der Waals surface area contributed by atoms with Gasteiger partial charge < -0.3 is 24.9 Å². The molecule has 0 saturated carbocycles. The van der Waals surface area contributed by atoms with Crippen molar-refractivity contribution < 1.29 is 33.0 Å². The third kappa shape index (κ3) is 5.36. The summed E-state index contributed by atoms with van der Waals surface area (Å²) in [5, 5.41) is 19.5. The highest BCUT2D eigenvalue weighted by Crippen LogP contribution is 2.49. The van der Waals surface area contributed by atoms with Crippen LogP contribution in [0.25, 0.3) is 0 Å². The molecule has 2 aromatic rings. The Morgan fingerprint density at radius 3 is 2.38 bits per heavy atom. The molecular formula is C29H36F3N3O4. The van der Waals surface area contributed by atoms with Crippen molar-refractivity contribution in [3.63, 3.8) is 0 Å². The number of benzene rings is 2. The minimum atomic E-state index is -4.49. The summed E-state index contributed by atoms with van der Waals surface area (Å²) in [5.74, 6) is -0.119. The van der Waals surface area contributed by atoms with Crippen LogP contribution in [0.1, 0.15) is 60.5 Å². The first-order chi connectivity index (χ1) is 18.4. The van der Waals surface area contributed by atoms with Crippen molar-refractivity contribution in [2.45, 2.75) is 57.4 Å². The smallest absolute Gasteiger partial charge is 0.396 e. The summed E-state index contributed by atoms with van der Waals surface area (Å²) in [7, 11) is 1.58. The Morgan fingerprint density at radius 1 is 1.10 bits per heavy atom. The van der Waals surface area contributed by atoms with Gasteiger partial charge in [0.15, 0.2) is 0 Å². The minimum Gasteiger partial charge on any atom is -0.396 e. The van der Waals surface area contributed by atoms with Crippen LogP contribution in [0.3, 0.4) is 0 Å². The molecule has 212 valence electrons. The van der Waals surface area contributed by atoms with Gasteiger partial charge in [0.1, 0.15) is 0 Å². The van der Waals surface area contributed by atoms with Gasteiger partial charge in [0.25, 0.3) is 0 Å². The third-order valence-electron chi connectivity index (χ3n) is 8.51. The predicted octanol–water partition coefficient (Wildman–Crippen LogP) is 4.54. The molecule has 2 aliphatic heterocycles. The number of rotatable bonds is 7. The SMILES string of the molecule is Cc1ccccc1[C@H]1[C@@H]2CC(CCO)(CCO)C(=O)N2CCN1C(=O)N(C)C(C)c1cccc(C(F)(F)F)c1. The molecule has 3 atom stereocenters. The van der Waals surface area contributed by atoms with Gasteiger partial charge in [-0.1, -0.05) is 36.4 Å². The van der Waals surface area contributed by atoms with Gasteiger partial charge >= 0.3 is 12.2 Å². The molecule has 39 heavy (non-hydrogen) atoms. The highest BCUT2D eigenvalue weighted by Gasteiger charge is 2.56. The Kier molecular flexibility index (Phi) is 8.28. The maximum absolute atomic E-state index is 14.0. The molecule has 2 saturated heterocycles. The molecule has 0 aromatic heterocycles. The second kappa shape index (κ2) is 11.2. The number of alkyl halides is 3. The molecule has 0 radical (unpaired) electrons. The fourth-order valence-electron chi connectivity index (χ4n) is 6.21. The zero-order chi connectivity index (χ0) is 28.5. The summed E-state index contributed by atoms with van der Waals surface area (Å²) in [6, 6.07) is 10.8. The molecule has 2 N–H and O–H groups in total. The van der Waals surface area contributed by atoms with Crippen LogP contribution in [0.4, 0.5) is 18.0 Å². The fraction of sp³-hybridized carbons (Fsp3) is 0.517. The molecule has 1 unspecified atom stereocenters. The van der Waals surface area contributed by atoms with E-state index in [0.717, 1.165) is 23.3 Å². The van der Waals surface area contributed by atoms with Gasteiger partial charge in [-0.3, -0.25) is 4.79 Å². The molecule has 2 aromatic carbocycles. The number of aryl methyl sites for hydroxylation is 1. The first-order valence-electron chi connectivity index (χ1n) is 13.2. The van der Waals surface area contributed by atoms with Gasteiger partial charge in [-0.2, -0.15) is 13.2 Å². The lowest BCUT2D eigenvalue weighted by Gasteiger charge is -2.47. The van der Waals surface area contributed by atoms with Crippen molar-refractivity contribution in [1.82, 2.24) is 14.7 Å². The van der Waals surface area contributed by atoms with Gasteiger partial charge in [-0.15, -0.1) is 0 Å². The molecule has 0 aliphatic carbocycles. The van der Waals surface area contributed by atoms with Crippen LogP contribution in [-0.4, -0.2) is 76.2 Å². The number of aliphatic hydroxyl groups is 2. The minimum absolute atomic E-state index is 0.119. The number of nitrogens with zero attached hydrogens (tertiary/aromatic N) is 3. The van der Waals surface area contributed by atoms with Crippen molar-refractivity contribution in [3.05, 3.63) is 70.8 Å². The standard InChI is InChI=1S/C29H36F3N3O4/c1-19-7-4-5-10-23(19)25-24-18-28(11-15-36,12-16-37)26(38)34(24)13-14-35(25)27(39)33(3)20(2)21-8-6-9-22(17-21)29(30,31)32/h4-10,17,20,24-25,36-37H,11-16,18H2,1-3H3/t20?,24-,25-/m0/s1. The topological polar surface area (TPSA) is 84.3 Å². The van der Waals surface area contributed by atoms with Gasteiger partial charge in [-0.05, 0) is 61.9 Å². The van der Waals surface area contributed by atoms with Crippen molar-refractivity contribution in [2.24, 2.45) is 5.41 Å². The number of urea groups is 1. The average molecular weight is 548 g/mol. The number of hydrogen-bond acceptors (Lipinski definition) is 4. The van der Waals surface area contributed by atoms with E-state index in [1.165, 1.54) is 11.0 Å². The Bertz CT molecular complexity index is 1200. The first-order valence-corrected chi connectivity index (χ1v) is 13.2. The first kappa shape index (κ1) is 28.9. The quantitative estimate of drug-likeness (QED) is 0.534. The van der Waals surface area contributed by atoms with Crippen LogP contribution in [0.15, 0.2) is 48.5 Å².